The van der Waals surface area contributed by atoms with Crippen molar-refractivity contribution in [1.82, 2.24) is 9.88 Å². The van der Waals surface area contributed by atoms with E-state index in [9.17, 15) is 14.5 Å². The fourth-order valence-corrected chi connectivity index (χ4v) is 3.58. The number of nitro groups is 1. The second-order valence-electron chi connectivity index (χ2n) is 6.51. The molecule has 2 heterocycles. The quantitative estimate of drug-likeness (QED) is 0.448. The van der Waals surface area contributed by atoms with E-state index in [0.717, 1.165) is 38.5 Å². The predicted octanol–water partition coefficient (Wildman–Crippen LogP) is 3.62. The standard InChI is InChI=1S/C19H23FN4O2/c1-2-23(19-17(24(25)26)8-9-18(20)21-19)16-10-12-22(13-11-16)14-15-6-4-3-5-7-15/h3-9,16H,2,10-14H2,1H3. The first-order chi connectivity index (χ1) is 12.6. The molecule has 1 aromatic carbocycles. The maximum absolute atomic E-state index is 13.6. The third kappa shape index (κ3) is 4.16. The van der Waals surface area contributed by atoms with Gasteiger partial charge in [0.25, 0.3) is 0 Å². The van der Waals surface area contributed by atoms with Crippen molar-refractivity contribution in [3.63, 3.8) is 0 Å². The van der Waals surface area contributed by atoms with Crippen LogP contribution in [0.3, 0.4) is 0 Å². The average Bonchev–Trinajstić information content (AvgIpc) is 2.64. The largest absolute Gasteiger partial charge is 0.348 e. The highest BCUT2D eigenvalue weighted by Crippen LogP contribution is 2.30. The van der Waals surface area contributed by atoms with Crippen molar-refractivity contribution < 1.29 is 9.31 Å². The van der Waals surface area contributed by atoms with Crippen LogP contribution in [0, 0.1) is 16.1 Å². The van der Waals surface area contributed by atoms with Crippen molar-refractivity contribution in [1.29, 1.82) is 0 Å². The van der Waals surface area contributed by atoms with Crippen molar-refractivity contribution >= 4 is 11.5 Å². The Bertz CT molecular complexity index is 748. The number of rotatable bonds is 6. The van der Waals surface area contributed by atoms with Gasteiger partial charge < -0.3 is 4.90 Å². The Balaban J connectivity index is 1.69. The minimum Gasteiger partial charge on any atom is -0.348 e. The van der Waals surface area contributed by atoms with Crippen molar-refractivity contribution in [3.05, 3.63) is 64.1 Å². The molecule has 1 aliphatic heterocycles. The van der Waals surface area contributed by atoms with Crippen molar-refractivity contribution in [2.75, 3.05) is 24.5 Å². The first-order valence-corrected chi connectivity index (χ1v) is 8.92. The first-order valence-electron chi connectivity index (χ1n) is 8.92. The van der Waals surface area contributed by atoms with Crippen molar-refractivity contribution in [2.24, 2.45) is 0 Å². The lowest BCUT2D eigenvalue weighted by atomic mass is 10.0. The predicted molar refractivity (Wildman–Crippen MR) is 98.6 cm³/mol. The van der Waals surface area contributed by atoms with Gasteiger partial charge in [-0.2, -0.15) is 9.37 Å². The lowest BCUT2D eigenvalue weighted by Crippen LogP contribution is -2.45. The summed E-state index contributed by atoms with van der Waals surface area (Å²) in [6.45, 7) is 5.18. The van der Waals surface area contributed by atoms with E-state index in [0.29, 0.717) is 6.54 Å². The van der Waals surface area contributed by atoms with Crippen LogP contribution < -0.4 is 4.90 Å². The molecule has 0 atom stereocenters. The fourth-order valence-electron chi connectivity index (χ4n) is 3.58. The van der Waals surface area contributed by atoms with Crippen LogP contribution in [-0.2, 0) is 6.54 Å². The Morgan fingerprint density at radius 1 is 1.23 bits per heavy atom. The summed E-state index contributed by atoms with van der Waals surface area (Å²) in [6, 6.07) is 12.7. The SMILES string of the molecule is CCN(c1nc(F)ccc1[N+](=O)[O-])C1CCN(Cc2ccccc2)CC1. The second kappa shape index (κ2) is 8.23. The van der Waals surface area contributed by atoms with Gasteiger partial charge in [-0.1, -0.05) is 30.3 Å². The number of anilines is 1. The Morgan fingerprint density at radius 2 is 1.92 bits per heavy atom. The van der Waals surface area contributed by atoms with Crippen LogP contribution in [0.4, 0.5) is 15.9 Å². The molecule has 0 N–H and O–H groups in total. The normalized spacial score (nSPS) is 15.8. The van der Waals surface area contributed by atoms with Gasteiger partial charge in [-0.25, -0.2) is 0 Å². The van der Waals surface area contributed by atoms with Crippen molar-refractivity contribution in [3.8, 4) is 0 Å². The minimum absolute atomic E-state index is 0.125. The van der Waals surface area contributed by atoms with E-state index in [-0.39, 0.29) is 17.5 Å². The van der Waals surface area contributed by atoms with Crippen LogP contribution in [-0.4, -0.2) is 40.5 Å². The lowest BCUT2D eigenvalue weighted by molar-refractivity contribution is -0.384. The van der Waals surface area contributed by atoms with E-state index in [1.54, 1.807) is 0 Å². The van der Waals surface area contributed by atoms with Gasteiger partial charge in [0.15, 0.2) is 0 Å². The molecule has 6 nitrogen and oxygen atoms in total. The number of nitrogens with zero attached hydrogens (tertiary/aromatic N) is 4. The topological polar surface area (TPSA) is 62.5 Å². The first kappa shape index (κ1) is 18.3. The van der Waals surface area contributed by atoms with Crippen LogP contribution in [0.15, 0.2) is 42.5 Å². The molecule has 0 spiro atoms. The molecule has 1 fully saturated rings. The van der Waals surface area contributed by atoms with Crippen LogP contribution >= 0.6 is 0 Å². The number of benzene rings is 1. The van der Waals surface area contributed by atoms with E-state index in [2.05, 4.69) is 22.0 Å². The maximum atomic E-state index is 13.6. The van der Waals surface area contributed by atoms with Gasteiger partial charge in [0.2, 0.25) is 11.8 Å². The molecule has 138 valence electrons. The fraction of sp³-hybridized carbons (Fsp3) is 0.421. The minimum atomic E-state index is -0.689. The zero-order valence-electron chi connectivity index (χ0n) is 14.8. The molecule has 0 radical (unpaired) electrons. The Morgan fingerprint density at radius 3 is 2.54 bits per heavy atom. The number of pyridine rings is 1. The van der Waals surface area contributed by atoms with Gasteiger partial charge in [-0.3, -0.25) is 15.0 Å². The third-order valence-corrected chi connectivity index (χ3v) is 4.88. The van der Waals surface area contributed by atoms with Gasteiger partial charge in [0.05, 0.1) is 4.92 Å². The summed E-state index contributed by atoms with van der Waals surface area (Å²) in [6.07, 6.45) is 1.74. The number of hydrogen-bond donors (Lipinski definition) is 0. The molecule has 0 unspecified atom stereocenters. The molecule has 1 saturated heterocycles. The highest BCUT2D eigenvalue weighted by Gasteiger charge is 2.29. The van der Waals surface area contributed by atoms with E-state index in [1.807, 2.05) is 30.0 Å². The monoisotopic (exact) mass is 358 g/mol. The van der Waals surface area contributed by atoms with Crippen molar-refractivity contribution in [2.45, 2.75) is 32.4 Å². The molecule has 7 heteroatoms. The molecule has 0 saturated carbocycles. The molecular weight excluding hydrogens is 335 g/mol. The molecule has 0 aliphatic carbocycles. The van der Waals surface area contributed by atoms with Crippen LogP contribution in [0.1, 0.15) is 25.3 Å². The summed E-state index contributed by atoms with van der Waals surface area (Å²) < 4.78 is 13.6. The lowest BCUT2D eigenvalue weighted by Gasteiger charge is -2.38. The highest BCUT2D eigenvalue weighted by atomic mass is 19.1. The van der Waals surface area contributed by atoms with E-state index in [4.69, 9.17) is 0 Å². The van der Waals surface area contributed by atoms with Gasteiger partial charge >= 0.3 is 5.69 Å². The van der Waals surface area contributed by atoms with E-state index >= 15 is 0 Å². The third-order valence-electron chi connectivity index (χ3n) is 4.88. The zero-order valence-corrected chi connectivity index (χ0v) is 14.8. The number of halogens is 1. The smallest absolute Gasteiger partial charge is 0.311 e. The van der Waals surface area contributed by atoms with Crippen LogP contribution in [0.5, 0.6) is 0 Å². The van der Waals surface area contributed by atoms with Gasteiger partial charge in [-0.15, -0.1) is 0 Å². The molecule has 2 aromatic rings. The molecule has 3 rings (SSSR count). The average molecular weight is 358 g/mol. The van der Waals surface area contributed by atoms with Crippen LogP contribution in [0.2, 0.25) is 0 Å². The number of aromatic nitrogens is 1. The number of hydrogen-bond acceptors (Lipinski definition) is 5. The summed E-state index contributed by atoms with van der Waals surface area (Å²) in [4.78, 5) is 18.9. The summed E-state index contributed by atoms with van der Waals surface area (Å²) in [5.74, 6) is -0.551. The molecule has 0 bridgehead atoms. The van der Waals surface area contributed by atoms with Gasteiger partial charge in [-0.05, 0) is 25.3 Å². The summed E-state index contributed by atoms with van der Waals surface area (Å²) >= 11 is 0. The van der Waals surface area contributed by atoms with E-state index in [1.165, 1.54) is 11.6 Å². The zero-order chi connectivity index (χ0) is 18.5. The molecule has 1 aromatic heterocycles. The second-order valence-corrected chi connectivity index (χ2v) is 6.51. The van der Waals surface area contributed by atoms with E-state index < -0.39 is 10.9 Å². The Hall–Kier alpha value is -2.54. The summed E-state index contributed by atoms with van der Waals surface area (Å²) in [5.41, 5.74) is 1.14. The molecule has 26 heavy (non-hydrogen) atoms. The Kier molecular flexibility index (Phi) is 5.78. The molecule has 1 aliphatic rings. The Labute approximate surface area is 152 Å². The van der Waals surface area contributed by atoms with Gasteiger partial charge in [0, 0.05) is 44.4 Å². The maximum Gasteiger partial charge on any atom is 0.311 e. The van der Waals surface area contributed by atoms with Gasteiger partial charge in [0.1, 0.15) is 0 Å². The highest BCUT2D eigenvalue weighted by molar-refractivity contribution is 5.58. The molecular formula is C19H23FN4O2. The molecule has 0 amide bonds. The number of likely N-dealkylation sites (tertiary alicyclic amines) is 1. The number of piperidine rings is 1. The summed E-state index contributed by atoms with van der Waals surface area (Å²) in [7, 11) is 0. The van der Waals surface area contributed by atoms with Crippen LogP contribution in [0.25, 0.3) is 0 Å². The summed E-state index contributed by atoms with van der Waals surface area (Å²) in [5, 5.41) is 11.3.